The standard InChI is InChI=1S/C18H22N6O/c1-18(2,3)11-13-10-14(24(4)22-13)19-17(25)16-15(20-23-21-16)12-8-6-5-7-9-12/h5-10H,11H2,1-4H3,(H,19,25)(H,20,21,23). The van der Waals surface area contributed by atoms with Crippen LogP contribution in [-0.4, -0.2) is 31.1 Å². The van der Waals surface area contributed by atoms with Crippen molar-refractivity contribution in [2.75, 3.05) is 5.32 Å². The highest BCUT2D eigenvalue weighted by Gasteiger charge is 2.20. The normalized spacial score (nSPS) is 11.5. The molecule has 1 aromatic carbocycles. The summed E-state index contributed by atoms with van der Waals surface area (Å²) in [5, 5.41) is 18.0. The van der Waals surface area contributed by atoms with Crippen LogP contribution in [0.1, 0.15) is 37.0 Å². The van der Waals surface area contributed by atoms with E-state index in [9.17, 15) is 4.79 Å². The first-order chi connectivity index (χ1) is 11.8. The number of nitrogens with one attached hydrogen (secondary N) is 2. The molecular formula is C18H22N6O. The summed E-state index contributed by atoms with van der Waals surface area (Å²) in [5.74, 6) is 0.309. The van der Waals surface area contributed by atoms with Gasteiger partial charge in [-0.15, -0.1) is 0 Å². The van der Waals surface area contributed by atoms with Crippen molar-refractivity contribution in [2.45, 2.75) is 27.2 Å². The SMILES string of the molecule is Cn1nc(CC(C)(C)C)cc1NC(=O)c1n[nH]nc1-c1ccccc1. The fraction of sp³-hybridized carbons (Fsp3) is 0.333. The molecule has 0 radical (unpaired) electrons. The van der Waals surface area contributed by atoms with Gasteiger partial charge in [-0.1, -0.05) is 51.1 Å². The van der Waals surface area contributed by atoms with Gasteiger partial charge in [0.05, 0.1) is 5.69 Å². The van der Waals surface area contributed by atoms with Crippen molar-refractivity contribution in [1.29, 1.82) is 0 Å². The Morgan fingerprint density at radius 1 is 1.20 bits per heavy atom. The second-order valence-corrected chi connectivity index (χ2v) is 7.22. The van der Waals surface area contributed by atoms with E-state index >= 15 is 0 Å². The number of carbonyl (C=O) groups excluding carboxylic acids is 1. The number of amides is 1. The molecule has 0 unspecified atom stereocenters. The lowest BCUT2D eigenvalue weighted by Crippen LogP contribution is -2.16. The Bertz CT molecular complexity index is 873. The van der Waals surface area contributed by atoms with Gasteiger partial charge in [0.15, 0.2) is 5.69 Å². The van der Waals surface area contributed by atoms with Gasteiger partial charge in [-0.25, -0.2) is 0 Å². The topological polar surface area (TPSA) is 88.5 Å². The van der Waals surface area contributed by atoms with Gasteiger partial charge in [0.1, 0.15) is 11.5 Å². The summed E-state index contributed by atoms with van der Waals surface area (Å²) in [6.45, 7) is 6.46. The molecular weight excluding hydrogens is 316 g/mol. The predicted octanol–water partition coefficient (Wildman–Crippen LogP) is 3.05. The van der Waals surface area contributed by atoms with Crippen LogP contribution in [0.15, 0.2) is 36.4 Å². The summed E-state index contributed by atoms with van der Waals surface area (Å²) < 4.78 is 1.67. The summed E-state index contributed by atoms with van der Waals surface area (Å²) in [6.07, 6.45) is 0.829. The van der Waals surface area contributed by atoms with Crippen molar-refractivity contribution in [3.05, 3.63) is 47.8 Å². The number of H-pyrrole nitrogens is 1. The molecule has 2 heterocycles. The number of hydrogen-bond acceptors (Lipinski definition) is 4. The number of benzene rings is 1. The Kier molecular flexibility index (Phi) is 4.39. The first-order valence-corrected chi connectivity index (χ1v) is 8.14. The summed E-state index contributed by atoms with van der Waals surface area (Å²) in [7, 11) is 1.81. The fourth-order valence-electron chi connectivity index (χ4n) is 2.64. The molecule has 2 aromatic heterocycles. The molecule has 0 aliphatic rings. The third kappa shape index (κ3) is 3.93. The van der Waals surface area contributed by atoms with Gasteiger partial charge < -0.3 is 5.32 Å². The summed E-state index contributed by atoms with van der Waals surface area (Å²) in [5.41, 5.74) is 2.68. The van der Waals surface area contributed by atoms with E-state index in [1.807, 2.05) is 43.4 Å². The number of aromatic amines is 1. The average molecular weight is 338 g/mol. The number of rotatable bonds is 4. The number of aryl methyl sites for hydroxylation is 1. The van der Waals surface area contributed by atoms with Crippen LogP contribution in [0.5, 0.6) is 0 Å². The lowest BCUT2D eigenvalue weighted by atomic mass is 9.91. The molecule has 25 heavy (non-hydrogen) atoms. The number of nitrogens with zero attached hydrogens (tertiary/aromatic N) is 4. The zero-order valence-electron chi connectivity index (χ0n) is 14.9. The van der Waals surface area contributed by atoms with E-state index in [-0.39, 0.29) is 17.0 Å². The first-order valence-electron chi connectivity index (χ1n) is 8.14. The lowest BCUT2D eigenvalue weighted by molar-refractivity contribution is 0.102. The van der Waals surface area contributed by atoms with Crippen molar-refractivity contribution < 1.29 is 4.79 Å². The van der Waals surface area contributed by atoms with Gasteiger partial charge >= 0.3 is 0 Å². The second kappa shape index (κ2) is 6.51. The number of hydrogen-bond donors (Lipinski definition) is 2. The van der Waals surface area contributed by atoms with Crippen LogP contribution in [0, 0.1) is 5.41 Å². The van der Waals surface area contributed by atoms with Gasteiger partial charge in [0, 0.05) is 18.7 Å². The van der Waals surface area contributed by atoms with E-state index in [1.165, 1.54) is 0 Å². The summed E-state index contributed by atoms with van der Waals surface area (Å²) >= 11 is 0. The van der Waals surface area contributed by atoms with E-state index in [4.69, 9.17) is 0 Å². The second-order valence-electron chi connectivity index (χ2n) is 7.22. The molecule has 0 saturated carbocycles. The summed E-state index contributed by atoms with van der Waals surface area (Å²) in [6, 6.07) is 11.4. The Balaban J connectivity index is 1.81. The van der Waals surface area contributed by atoms with Crippen LogP contribution >= 0.6 is 0 Å². The molecule has 0 fully saturated rings. The highest BCUT2D eigenvalue weighted by molar-refractivity contribution is 6.06. The molecule has 7 nitrogen and oxygen atoms in total. The van der Waals surface area contributed by atoms with E-state index < -0.39 is 0 Å². The first kappa shape index (κ1) is 16.9. The Morgan fingerprint density at radius 2 is 1.92 bits per heavy atom. The largest absolute Gasteiger partial charge is 0.305 e. The van der Waals surface area contributed by atoms with Gasteiger partial charge in [-0.3, -0.25) is 9.48 Å². The lowest BCUT2D eigenvalue weighted by Gasteiger charge is -2.15. The summed E-state index contributed by atoms with van der Waals surface area (Å²) in [4.78, 5) is 12.6. The van der Waals surface area contributed by atoms with E-state index in [0.29, 0.717) is 11.5 Å². The average Bonchev–Trinajstić information content (AvgIpc) is 3.14. The van der Waals surface area contributed by atoms with Crippen LogP contribution in [0.2, 0.25) is 0 Å². The van der Waals surface area contributed by atoms with Gasteiger partial charge in [-0.05, 0) is 11.8 Å². The third-order valence-corrected chi connectivity index (χ3v) is 3.69. The van der Waals surface area contributed by atoms with Crippen molar-refractivity contribution in [1.82, 2.24) is 25.2 Å². The van der Waals surface area contributed by atoms with Crippen molar-refractivity contribution in [2.24, 2.45) is 12.5 Å². The number of aromatic nitrogens is 5. The Labute approximate surface area is 146 Å². The molecule has 2 N–H and O–H groups in total. The molecule has 3 rings (SSSR count). The molecule has 0 bridgehead atoms. The predicted molar refractivity (Wildman–Crippen MR) is 96.1 cm³/mol. The minimum atomic E-state index is -0.321. The Hall–Kier alpha value is -2.96. The highest BCUT2D eigenvalue weighted by Crippen LogP contribution is 2.23. The highest BCUT2D eigenvalue weighted by atomic mass is 16.2. The minimum absolute atomic E-state index is 0.127. The molecule has 130 valence electrons. The van der Waals surface area contributed by atoms with E-state index in [2.05, 4.69) is 46.6 Å². The maximum absolute atomic E-state index is 12.6. The van der Waals surface area contributed by atoms with Gasteiger partial charge in [0.2, 0.25) is 0 Å². The maximum atomic E-state index is 12.6. The van der Waals surface area contributed by atoms with E-state index in [0.717, 1.165) is 17.7 Å². The Morgan fingerprint density at radius 3 is 2.60 bits per heavy atom. The van der Waals surface area contributed by atoms with E-state index in [1.54, 1.807) is 4.68 Å². The fourth-order valence-corrected chi connectivity index (χ4v) is 2.64. The molecule has 0 aliphatic heterocycles. The number of carbonyl (C=O) groups is 1. The van der Waals surface area contributed by atoms with Crippen LogP contribution in [0.3, 0.4) is 0 Å². The van der Waals surface area contributed by atoms with Crippen molar-refractivity contribution >= 4 is 11.7 Å². The van der Waals surface area contributed by atoms with Gasteiger partial charge in [0.25, 0.3) is 5.91 Å². The minimum Gasteiger partial charge on any atom is -0.305 e. The van der Waals surface area contributed by atoms with Crippen molar-refractivity contribution in [3.8, 4) is 11.3 Å². The quantitative estimate of drug-likeness (QED) is 0.765. The smallest absolute Gasteiger partial charge is 0.279 e. The van der Waals surface area contributed by atoms with Crippen LogP contribution in [0.4, 0.5) is 5.82 Å². The van der Waals surface area contributed by atoms with Crippen LogP contribution < -0.4 is 5.32 Å². The zero-order chi connectivity index (χ0) is 18.0. The monoisotopic (exact) mass is 338 g/mol. The zero-order valence-corrected chi connectivity index (χ0v) is 14.9. The number of anilines is 1. The van der Waals surface area contributed by atoms with Crippen LogP contribution in [-0.2, 0) is 13.5 Å². The van der Waals surface area contributed by atoms with Crippen LogP contribution in [0.25, 0.3) is 11.3 Å². The molecule has 7 heteroatoms. The molecule has 0 aliphatic carbocycles. The molecule has 0 spiro atoms. The molecule has 3 aromatic rings. The molecule has 1 amide bonds. The molecule has 0 atom stereocenters. The maximum Gasteiger partial charge on any atom is 0.279 e. The molecule has 0 saturated heterocycles. The van der Waals surface area contributed by atoms with Gasteiger partial charge in [-0.2, -0.15) is 20.5 Å². The third-order valence-electron chi connectivity index (χ3n) is 3.69. The van der Waals surface area contributed by atoms with Crippen molar-refractivity contribution in [3.63, 3.8) is 0 Å².